The predicted octanol–water partition coefficient (Wildman–Crippen LogP) is 2.46. The molecule has 2 aromatic carbocycles. The molecule has 2 rings (SSSR count). The summed E-state index contributed by atoms with van der Waals surface area (Å²) in [4.78, 5) is 0. The fourth-order valence-electron chi connectivity index (χ4n) is 1.54. The average Bonchev–Trinajstić information content (AvgIpc) is 2.28. The summed E-state index contributed by atoms with van der Waals surface area (Å²) < 4.78 is 30.4. The zero-order chi connectivity index (χ0) is 12.3. The van der Waals surface area contributed by atoms with E-state index in [4.69, 9.17) is 4.55 Å². The highest BCUT2D eigenvalue weighted by atomic mass is 32.8. The van der Waals surface area contributed by atoms with E-state index in [1.165, 1.54) is 0 Å². The van der Waals surface area contributed by atoms with Crippen LogP contribution in [0.3, 0.4) is 0 Å². The minimum absolute atomic E-state index is 0.605. The van der Waals surface area contributed by atoms with E-state index in [1.54, 1.807) is 18.2 Å². The highest BCUT2D eigenvalue weighted by Crippen LogP contribution is 2.23. The molecule has 0 aliphatic rings. The van der Waals surface area contributed by atoms with Crippen molar-refractivity contribution in [1.82, 2.24) is 0 Å². The molecule has 1 atom stereocenters. The summed E-state index contributed by atoms with van der Waals surface area (Å²) in [5.74, 6) is 0. The first-order valence-corrected chi connectivity index (χ1v) is 8.12. The third kappa shape index (κ3) is 3.63. The van der Waals surface area contributed by atoms with Crippen molar-refractivity contribution in [3.8, 4) is 11.1 Å². The van der Waals surface area contributed by atoms with Crippen LogP contribution in [-0.4, -0.2) is 13.0 Å². The summed E-state index contributed by atoms with van der Waals surface area (Å²) in [6, 6.07) is 16.8. The Bertz CT molecular complexity index is 609. The number of hydrogen-bond acceptors (Lipinski definition) is 2. The molecule has 0 saturated carbocycles. The molecule has 2 aromatic rings. The van der Waals surface area contributed by atoms with Gasteiger partial charge in [0.1, 0.15) is 0 Å². The van der Waals surface area contributed by atoms with Crippen molar-refractivity contribution in [1.29, 1.82) is 0 Å². The standard InChI is InChI=1S/C12H11O3PS/c13-17(14,15)16-12-8-4-7-11(9-12)10-5-2-1-3-6-10/h1-9,16H,(H,13,14,15). The Morgan fingerprint density at radius 1 is 0.882 bits per heavy atom. The fourth-order valence-corrected chi connectivity index (χ4v) is 3.49. The second kappa shape index (κ2) is 4.96. The van der Waals surface area contributed by atoms with Crippen molar-refractivity contribution in [2.75, 3.05) is 0 Å². The molecule has 0 fully saturated rings. The Morgan fingerprint density at radius 2 is 1.53 bits per heavy atom. The lowest BCUT2D eigenvalue weighted by atomic mass is 10.1. The van der Waals surface area contributed by atoms with Crippen LogP contribution in [0.1, 0.15) is 0 Å². The van der Waals surface area contributed by atoms with Crippen LogP contribution < -0.4 is 5.30 Å². The minimum atomic E-state index is -3.95. The molecular formula is C12H11O3PS. The van der Waals surface area contributed by atoms with E-state index in [9.17, 15) is 8.42 Å². The van der Waals surface area contributed by atoms with Crippen LogP contribution in [-0.2, 0) is 9.74 Å². The highest BCUT2D eigenvalue weighted by molar-refractivity contribution is 8.42. The zero-order valence-corrected chi connectivity index (χ0v) is 10.7. The summed E-state index contributed by atoms with van der Waals surface area (Å²) in [7, 11) is -4.57. The third-order valence-corrected chi connectivity index (χ3v) is 4.50. The van der Waals surface area contributed by atoms with Gasteiger partial charge in [-0.3, -0.25) is 4.55 Å². The molecule has 0 bridgehead atoms. The molecule has 0 saturated heterocycles. The quantitative estimate of drug-likeness (QED) is 0.685. The van der Waals surface area contributed by atoms with Crippen molar-refractivity contribution >= 4 is 22.8 Å². The van der Waals surface area contributed by atoms with Crippen molar-refractivity contribution in [2.45, 2.75) is 0 Å². The van der Waals surface area contributed by atoms with Crippen molar-refractivity contribution in [3.05, 3.63) is 54.6 Å². The van der Waals surface area contributed by atoms with Gasteiger partial charge in [-0.05, 0) is 22.5 Å². The van der Waals surface area contributed by atoms with Gasteiger partial charge in [0.25, 0.3) is 9.74 Å². The normalized spacial score (nSPS) is 12.1. The van der Waals surface area contributed by atoms with E-state index in [0.717, 1.165) is 11.1 Å². The zero-order valence-electron chi connectivity index (χ0n) is 8.87. The molecule has 17 heavy (non-hydrogen) atoms. The Balaban J connectivity index is 2.36. The number of hydrogen-bond donors (Lipinski definition) is 1. The van der Waals surface area contributed by atoms with Gasteiger partial charge < -0.3 is 0 Å². The maximum Gasteiger partial charge on any atom is 0.282 e. The smallest absolute Gasteiger partial charge is 0.282 e. The second-order valence-electron chi connectivity index (χ2n) is 3.52. The summed E-state index contributed by atoms with van der Waals surface area (Å²) >= 11 is 0. The lowest BCUT2D eigenvalue weighted by molar-refractivity contribution is 0.502. The number of benzene rings is 2. The van der Waals surface area contributed by atoms with Gasteiger partial charge in [0, 0.05) is 0 Å². The van der Waals surface area contributed by atoms with Crippen LogP contribution in [0.15, 0.2) is 54.6 Å². The molecule has 88 valence electrons. The molecule has 0 aliphatic carbocycles. The van der Waals surface area contributed by atoms with Gasteiger partial charge in [-0.2, -0.15) is 8.42 Å². The average molecular weight is 266 g/mol. The first-order chi connectivity index (χ1) is 8.04. The number of rotatable bonds is 3. The lowest BCUT2D eigenvalue weighted by Crippen LogP contribution is -1.99. The van der Waals surface area contributed by atoms with E-state index in [0.29, 0.717) is 5.30 Å². The minimum Gasteiger partial charge on any atom is -0.283 e. The Kier molecular flexibility index (Phi) is 3.57. The third-order valence-electron chi connectivity index (χ3n) is 2.22. The molecule has 0 aromatic heterocycles. The molecule has 0 spiro atoms. The summed E-state index contributed by atoms with van der Waals surface area (Å²) in [6.07, 6.45) is 0. The van der Waals surface area contributed by atoms with Crippen LogP contribution in [0.5, 0.6) is 0 Å². The first-order valence-electron chi connectivity index (χ1n) is 4.95. The summed E-state index contributed by atoms with van der Waals surface area (Å²) in [5.41, 5.74) is 1.97. The van der Waals surface area contributed by atoms with Crippen molar-refractivity contribution in [3.63, 3.8) is 0 Å². The van der Waals surface area contributed by atoms with E-state index < -0.39 is 17.5 Å². The van der Waals surface area contributed by atoms with Crippen LogP contribution in [0, 0.1) is 0 Å². The van der Waals surface area contributed by atoms with Gasteiger partial charge in [-0.25, -0.2) is 0 Å². The van der Waals surface area contributed by atoms with E-state index in [1.807, 2.05) is 36.4 Å². The lowest BCUT2D eigenvalue weighted by Gasteiger charge is -2.04. The molecule has 0 radical (unpaired) electrons. The molecule has 0 aliphatic heterocycles. The van der Waals surface area contributed by atoms with E-state index >= 15 is 0 Å². The highest BCUT2D eigenvalue weighted by Gasteiger charge is 2.07. The predicted molar refractivity (Wildman–Crippen MR) is 71.4 cm³/mol. The second-order valence-corrected chi connectivity index (χ2v) is 7.42. The van der Waals surface area contributed by atoms with Gasteiger partial charge >= 0.3 is 0 Å². The molecular weight excluding hydrogens is 255 g/mol. The summed E-state index contributed by atoms with van der Waals surface area (Å²) in [5, 5.41) is 0.605. The maximum atomic E-state index is 10.8. The fraction of sp³-hybridized carbons (Fsp3) is 0. The maximum absolute atomic E-state index is 10.8. The van der Waals surface area contributed by atoms with Gasteiger partial charge in [0.2, 0.25) is 0 Å². The van der Waals surface area contributed by atoms with Gasteiger partial charge in [0.15, 0.2) is 0 Å². The topological polar surface area (TPSA) is 54.4 Å². The van der Waals surface area contributed by atoms with Crippen molar-refractivity contribution in [2.24, 2.45) is 0 Å². The molecule has 3 nitrogen and oxygen atoms in total. The van der Waals surface area contributed by atoms with E-state index in [2.05, 4.69) is 0 Å². The molecule has 1 N–H and O–H groups in total. The monoisotopic (exact) mass is 266 g/mol. The van der Waals surface area contributed by atoms with Crippen molar-refractivity contribution < 1.29 is 13.0 Å². The Morgan fingerprint density at radius 3 is 2.18 bits per heavy atom. The van der Waals surface area contributed by atoms with Crippen LogP contribution in [0.2, 0.25) is 0 Å². The van der Waals surface area contributed by atoms with Crippen LogP contribution in [0.25, 0.3) is 11.1 Å². The van der Waals surface area contributed by atoms with Gasteiger partial charge in [0.05, 0.1) is 7.78 Å². The Hall–Kier alpha value is -1.22. The van der Waals surface area contributed by atoms with Gasteiger partial charge in [-0.1, -0.05) is 48.5 Å². The SMILES string of the molecule is O=S(=O)(O)Pc1cccc(-c2ccccc2)c1. The Labute approximate surface area is 102 Å². The van der Waals surface area contributed by atoms with Crippen LogP contribution in [0.4, 0.5) is 0 Å². The van der Waals surface area contributed by atoms with Crippen LogP contribution >= 0.6 is 7.78 Å². The summed E-state index contributed by atoms with van der Waals surface area (Å²) in [6.45, 7) is 0. The van der Waals surface area contributed by atoms with Gasteiger partial charge in [-0.15, -0.1) is 0 Å². The molecule has 0 heterocycles. The van der Waals surface area contributed by atoms with E-state index in [-0.39, 0.29) is 0 Å². The molecule has 1 unspecified atom stereocenters. The largest absolute Gasteiger partial charge is 0.283 e. The first kappa shape index (κ1) is 12.2. The molecule has 0 amide bonds. The molecule has 5 heteroatoms.